The Morgan fingerprint density at radius 1 is 0.385 bits per heavy atom. The Balaban J connectivity index is 5.43. The second kappa shape index (κ2) is 17.9. The van der Waals surface area contributed by atoms with Gasteiger partial charge < -0.3 is 39.5 Å². The molecule has 0 spiro atoms. The van der Waals surface area contributed by atoms with Gasteiger partial charge in [0.15, 0.2) is 16.6 Å². The van der Waals surface area contributed by atoms with Crippen LogP contribution in [0.3, 0.4) is 0 Å². The van der Waals surface area contributed by atoms with Crippen molar-refractivity contribution in [2.24, 2.45) is 0 Å². The average molecular weight is 663 g/mol. The summed E-state index contributed by atoms with van der Waals surface area (Å²) in [6, 6.07) is 1.72. The largest absolute Gasteiger partial charge is 0.437 e. The van der Waals surface area contributed by atoms with Gasteiger partial charge in [-0.25, -0.2) is 0 Å². The summed E-state index contributed by atoms with van der Waals surface area (Å²) in [5, 5.41) is 0. The molecule has 0 aromatic rings. The van der Waals surface area contributed by atoms with E-state index in [1.807, 2.05) is 0 Å². The molecule has 0 aliphatic heterocycles. The van der Waals surface area contributed by atoms with E-state index >= 15 is 0 Å². The van der Waals surface area contributed by atoms with Gasteiger partial charge in [-0.1, -0.05) is 0 Å². The summed E-state index contributed by atoms with van der Waals surface area (Å²) in [5.41, 5.74) is 0. The Morgan fingerprint density at radius 2 is 0.718 bits per heavy atom. The third-order valence-corrected chi connectivity index (χ3v) is 27.4. The highest BCUT2D eigenvalue weighted by atomic mass is 28.5. The van der Waals surface area contributed by atoms with Crippen molar-refractivity contribution in [1.82, 2.24) is 0 Å². The van der Waals surface area contributed by atoms with Crippen LogP contribution in [0.1, 0.15) is 12.8 Å². The molecule has 0 aliphatic carbocycles. The summed E-state index contributed by atoms with van der Waals surface area (Å²) < 4.78 is 55.7. The molecule has 0 N–H and O–H groups in total. The van der Waals surface area contributed by atoms with Crippen LogP contribution < -0.4 is 0 Å². The Kier molecular flexibility index (Phi) is 18.3. The van der Waals surface area contributed by atoms with Gasteiger partial charge >= 0.3 is 34.2 Å². The van der Waals surface area contributed by atoms with E-state index in [9.17, 15) is 0 Å². The lowest BCUT2D eigenvalue weighted by atomic mass is 10.5. The zero-order valence-electron chi connectivity index (χ0n) is 27.7. The molecule has 0 aromatic heterocycles. The Hall–Kier alpha value is 0.941. The van der Waals surface area contributed by atoms with E-state index in [1.54, 1.807) is 14.2 Å². The molecule has 2 atom stereocenters. The lowest BCUT2D eigenvalue weighted by Crippen LogP contribution is -2.61. The highest BCUT2D eigenvalue weighted by Crippen LogP contribution is 2.31. The summed E-state index contributed by atoms with van der Waals surface area (Å²) in [6.07, 6.45) is 1.78. The minimum atomic E-state index is -2.59. The molecule has 236 valence electrons. The van der Waals surface area contributed by atoms with E-state index in [-0.39, 0.29) is 0 Å². The van der Waals surface area contributed by atoms with Crippen molar-refractivity contribution in [2.75, 3.05) is 53.9 Å². The van der Waals surface area contributed by atoms with Crippen molar-refractivity contribution in [3.63, 3.8) is 0 Å². The van der Waals surface area contributed by atoms with E-state index in [0.717, 1.165) is 24.9 Å². The van der Waals surface area contributed by atoms with Gasteiger partial charge in [-0.05, 0) is 103 Å². The maximum atomic E-state index is 6.91. The van der Waals surface area contributed by atoms with Gasteiger partial charge in [0.1, 0.15) is 0 Å². The molecule has 0 saturated heterocycles. The van der Waals surface area contributed by atoms with Crippen molar-refractivity contribution < 1.29 is 39.5 Å². The molecular weight excluding hydrogens is 601 g/mol. The van der Waals surface area contributed by atoms with Crippen LogP contribution in [0.4, 0.5) is 0 Å². The second-order valence-electron chi connectivity index (χ2n) is 13.2. The first-order valence-corrected chi connectivity index (χ1v) is 31.8. The molecule has 0 aliphatic rings. The zero-order chi connectivity index (χ0) is 30.4. The van der Waals surface area contributed by atoms with E-state index in [2.05, 4.69) is 78.6 Å². The zero-order valence-corrected chi connectivity index (χ0v) is 33.7. The standard InChI is InChI=1S/C24H62O9Si6/c1-25-19-21-27-17-15-23-38(13,29-34(3,4)5)32-36(9,10)31-37(11,12)33-39(14,30-35(6,7)8)24-16-18-28-22-20-26-2/h15-24H2,1-14H3. The molecule has 0 aromatic carbocycles. The summed E-state index contributed by atoms with van der Waals surface area (Å²) >= 11 is 0. The number of hydrogen-bond donors (Lipinski definition) is 0. The maximum absolute atomic E-state index is 6.91. The quantitative estimate of drug-likeness (QED) is 0.0862. The van der Waals surface area contributed by atoms with E-state index in [4.69, 9.17) is 39.5 Å². The van der Waals surface area contributed by atoms with Crippen LogP contribution in [0.15, 0.2) is 0 Å². The molecule has 0 saturated carbocycles. The van der Waals surface area contributed by atoms with Gasteiger partial charge in [0.05, 0.1) is 26.4 Å². The third-order valence-electron chi connectivity index (χ3n) is 5.16. The Labute approximate surface area is 247 Å². The summed E-state index contributed by atoms with van der Waals surface area (Å²) in [5.74, 6) is 0. The average Bonchev–Trinajstić information content (AvgIpc) is 2.68. The molecule has 0 rings (SSSR count). The van der Waals surface area contributed by atoms with Gasteiger partial charge in [0, 0.05) is 27.4 Å². The smallest absolute Gasteiger partial charge is 0.315 e. The van der Waals surface area contributed by atoms with Gasteiger partial charge in [0.2, 0.25) is 0 Å². The minimum Gasteiger partial charge on any atom is -0.437 e. The Morgan fingerprint density at radius 3 is 1.00 bits per heavy atom. The first-order valence-electron chi connectivity index (χ1n) is 14.3. The first kappa shape index (κ1) is 39.9. The number of rotatable bonds is 24. The van der Waals surface area contributed by atoms with Gasteiger partial charge in [0.25, 0.3) is 0 Å². The lowest BCUT2D eigenvalue weighted by molar-refractivity contribution is 0.0702. The molecule has 9 nitrogen and oxygen atoms in total. The predicted octanol–water partition coefficient (Wildman–Crippen LogP) is 6.39. The fourth-order valence-corrected chi connectivity index (χ4v) is 33.5. The molecule has 0 amide bonds. The minimum absolute atomic E-state index is 0.604. The fourth-order valence-electron chi connectivity index (χ4n) is 4.69. The predicted molar refractivity (Wildman–Crippen MR) is 175 cm³/mol. The van der Waals surface area contributed by atoms with Gasteiger partial charge in [-0.15, -0.1) is 0 Å². The summed E-state index contributed by atoms with van der Waals surface area (Å²) in [7, 11) is -10.5. The highest BCUT2D eigenvalue weighted by molar-refractivity contribution is 6.91. The number of methoxy groups -OCH3 is 2. The van der Waals surface area contributed by atoms with E-state index in [0.29, 0.717) is 39.6 Å². The van der Waals surface area contributed by atoms with E-state index in [1.165, 1.54) is 0 Å². The number of ether oxygens (including phenoxy) is 4. The van der Waals surface area contributed by atoms with Crippen molar-refractivity contribution >= 4 is 50.9 Å². The normalized spacial score (nSPS) is 16.8. The molecule has 0 radical (unpaired) electrons. The summed E-state index contributed by atoms with van der Waals surface area (Å²) in [6.45, 7) is 30.0. The van der Waals surface area contributed by atoms with Gasteiger partial charge in [-0.3, -0.25) is 0 Å². The molecule has 15 heteroatoms. The van der Waals surface area contributed by atoms with Crippen LogP contribution in [0.2, 0.25) is 90.7 Å². The molecule has 0 bridgehead atoms. The first-order chi connectivity index (χ1) is 17.7. The SMILES string of the molecule is COCCOCCC[Si](C)(O[Si](C)(C)C)O[Si](C)(C)O[Si](C)(C)O[Si](C)(CCCOCCOC)O[Si](C)(C)C. The van der Waals surface area contributed by atoms with Crippen LogP contribution in [0, 0.1) is 0 Å². The number of hydrogen-bond acceptors (Lipinski definition) is 9. The third kappa shape index (κ3) is 22.2. The molecular formula is C24H62O9Si6. The van der Waals surface area contributed by atoms with Crippen LogP contribution in [0.25, 0.3) is 0 Å². The molecule has 0 heterocycles. The lowest BCUT2D eigenvalue weighted by Gasteiger charge is -2.44. The fraction of sp³-hybridized carbons (Fsp3) is 1.00. The van der Waals surface area contributed by atoms with Crippen molar-refractivity contribution in [2.45, 2.75) is 103 Å². The topological polar surface area (TPSA) is 83.1 Å². The Bertz CT molecular complexity index is 607. The maximum Gasteiger partial charge on any atom is 0.315 e. The monoisotopic (exact) mass is 662 g/mol. The van der Waals surface area contributed by atoms with Crippen LogP contribution in [-0.2, 0) is 39.5 Å². The van der Waals surface area contributed by atoms with Crippen molar-refractivity contribution in [1.29, 1.82) is 0 Å². The van der Waals surface area contributed by atoms with Crippen molar-refractivity contribution in [3.05, 3.63) is 0 Å². The second-order valence-corrected chi connectivity index (χ2v) is 36.9. The van der Waals surface area contributed by atoms with Crippen LogP contribution in [-0.4, -0.2) is 105 Å². The summed E-state index contributed by atoms with van der Waals surface area (Å²) in [4.78, 5) is 0. The van der Waals surface area contributed by atoms with E-state index < -0.39 is 50.9 Å². The molecule has 0 fully saturated rings. The van der Waals surface area contributed by atoms with Crippen LogP contribution in [0.5, 0.6) is 0 Å². The molecule has 2 unspecified atom stereocenters. The molecule has 39 heavy (non-hydrogen) atoms. The van der Waals surface area contributed by atoms with Crippen LogP contribution >= 0.6 is 0 Å². The highest BCUT2D eigenvalue weighted by Gasteiger charge is 2.48. The van der Waals surface area contributed by atoms with Gasteiger partial charge in [-0.2, -0.15) is 0 Å². The van der Waals surface area contributed by atoms with Crippen molar-refractivity contribution in [3.8, 4) is 0 Å².